The zero-order valence-electron chi connectivity index (χ0n) is 12.6. The molecule has 114 valence electrons. The number of piperazine rings is 1. The van der Waals surface area contributed by atoms with E-state index >= 15 is 0 Å². The van der Waals surface area contributed by atoms with Gasteiger partial charge in [0.25, 0.3) is 0 Å². The molecule has 0 radical (unpaired) electrons. The van der Waals surface area contributed by atoms with Crippen LogP contribution in [-0.2, 0) is 11.3 Å². The number of benzene rings is 1. The Kier molecular flexibility index (Phi) is 4.96. The molecule has 5 heteroatoms. The molecule has 0 aliphatic carbocycles. The number of amides is 1. The van der Waals surface area contributed by atoms with Crippen LogP contribution >= 0.6 is 0 Å². The van der Waals surface area contributed by atoms with E-state index in [1.807, 2.05) is 24.8 Å². The average molecular weight is 290 g/mol. The van der Waals surface area contributed by atoms with Crippen molar-refractivity contribution in [1.82, 2.24) is 9.80 Å². The van der Waals surface area contributed by atoms with Gasteiger partial charge < -0.3 is 10.0 Å². The van der Waals surface area contributed by atoms with Crippen LogP contribution in [-0.4, -0.2) is 52.5 Å². The zero-order chi connectivity index (χ0) is 15.4. The van der Waals surface area contributed by atoms with Gasteiger partial charge in [-0.05, 0) is 31.0 Å². The number of rotatable bonds is 5. The zero-order valence-corrected chi connectivity index (χ0v) is 12.6. The van der Waals surface area contributed by atoms with Gasteiger partial charge >= 0.3 is 5.97 Å². The average Bonchev–Trinajstić information content (AvgIpc) is 2.48. The van der Waals surface area contributed by atoms with Gasteiger partial charge in [-0.3, -0.25) is 9.69 Å². The largest absolute Gasteiger partial charge is 0.478 e. The van der Waals surface area contributed by atoms with Crippen molar-refractivity contribution in [2.75, 3.05) is 19.6 Å². The van der Waals surface area contributed by atoms with Gasteiger partial charge in [0.2, 0.25) is 5.91 Å². The topological polar surface area (TPSA) is 60.9 Å². The van der Waals surface area contributed by atoms with Gasteiger partial charge in [0.05, 0.1) is 11.6 Å². The lowest BCUT2D eigenvalue weighted by atomic mass is 10.1. The minimum Gasteiger partial charge on any atom is -0.478 e. The number of nitrogens with zero attached hydrogens (tertiary/aromatic N) is 2. The summed E-state index contributed by atoms with van der Waals surface area (Å²) in [7, 11) is 0. The van der Waals surface area contributed by atoms with Crippen LogP contribution in [0.4, 0.5) is 0 Å². The SMILES string of the molecule is CCC1C(=O)N(CC)CCN1Cc1cccc(C(=O)O)c1. The van der Waals surface area contributed by atoms with Gasteiger partial charge in [0, 0.05) is 26.2 Å². The number of carboxylic acid groups (broad SMARTS) is 1. The van der Waals surface area contributed by atoms with Gasteiger partial charge in [0.1, 0.15) is 0 Å². The standard InChI is InChI=1S/C16H22N2O3/c1-3-14-15(19)17(4-2)8-9-18(14)11-12-6-5-7-13(10-12)16(20)21/h5-7,10,14H,3-4,8-9,11H2,1-2H3,(H,20,21). The highest BCUT2D eigenvalue weighted by Gasteiger charge is 2.32. The van der Waals surface area contributed by atoms with Crippen molar-refractivity contribution in [3.05, 3.63) is 35.4 Å². The molecular weight excluding hydrogens is 268 g/mol. The first-order chi connectivity index (χ1) is 10.1. The number of carboxylic acids is 1. The maximum Gasteiger partial charge on any atom is 0.335 e. The summed E-state index contributed by atoms with van der Waals surface area (Å²) >= 11 is 0. The number of hydrogen-bond donors (Lipinski definition) is 1. The molecule has 1 atom stereocenters. The van der Waals surface area contributed by atoms with Gasteiger partial charge in [-0.2, -0.15) is 0 Å². The second-order valence-electron chi connectivity index (χ2n) is 5.32. The van der Waals surface area contributed by atoms with Crippen LogP contribution in [0.1, 0.15) is 36.2 Å². The minimum atomic E-state index is -0.921. The second-order valence-corrected chi connectivity index (χ2v) is 5.32. The molecule has 1 unspecified atom stereocenters. The van der Waals surface area contributed by atoms with Gasteiger partial charge in [0.15, 0.2) is 0 Å². The Labute approximate surface area is 125 Å². The fraction of sp³-hybridized carbons (Fsp3) is 0.500. The van der Waals surface area contributed by atoms with E-state index in [2.05, 4.69) is 4.90 Å². The summed E-state index contributed by atoms with van der Waals surface area (Å²) in [4.78, 5) is 27.4. The molecule has 0 spiro atoms. The Bertz CT molecular complexity index is 530. The molecule has 1 heterocycles. The number of likely N-dealkylation sites (N-methyl/N-ethyl adjacent to an activating group) is 1. The Morgan fingerprint density at radius 1 is 1.33 bits per heavy atom. The minimum absolute atomic E-state index is 0.104. The Balaban J connectivity index is 2.13. The van der Waals surface area contributed by atoms with E-state index < -0.39 is 5.97 Å². The Hall–Kier alpha value is -1.88. The Morgan fingerprint density at radius 3 is 2.71 bits per heavy atom. The highest BCUT2D eigenvalue weighted by atomic mass is 16.4. The second kappa shape index (κ2) is 6.72. The van der Waals surface area contributed by atoms with Crippen LogP contribution in [0.3, 0.4) is 0 Å². The van der Waals surface area contributed by atoms with E-state index in [0.717, 1.165) is 31.6 Å². The molecule has 0 saturated carbocycles. The summed E-state index contributed by atoms with van der Waals surface area (Å²) in [6.07, 6.45) is 0.772. The van der Waals surface area contributed by atoms with Crippen molar-refractivity contribution in [3.63, 3.8) is 0 Å². The predicted octanol–water partition coefficient (Wildman–Crippen LogP) is 1.83. The lowest BCUT2D eigenvalue weighted by Crippen LogP contribution is -2.56. The molecular formula is C16H22N2O3. The van der Waals surface area contributed by atoms with Crippen LogP contribution in [0, 0.1) is 0 Å². The number of carbonyl (C=O) groups excluding carboxylic acids is 1. The van der Waals surface area contributed by atoms with Crippen molar-refractivity contribution in [2.45, 2.75) is 32.9 Å². The molecule has 0 aromatic heterocycles. The summed E-state index contributed by atoms with van der Waals surface area (Å²) < 4.78 is 0. The lowest BCUT2D eigenvalue weighted by Gasteiger charge is -2.40. The van der Waals surface area contributed by atoms with Crippen molar-refractivity contribution in [2.24, 2.45) is 0 Å². The third-order valence-electron chi connectivity index (χ3n) is 4.02. The molecule has 5 nitrogen and oxygen atoms in total. The van der Waals surface area contributed by atoms with Crippen LogP contribution in [0.2, 0.25) is 0 Å². The smallest absolute Gasteiger partial charge is 0.335 e. The molecule has 1 aromatic carbocycles. The van der Waals surface area contributed by atoms with Gasteiger partial charge in [-0.1, -0.05) is 19.1 Å². The van der Waals surface area contributed by atoms with Crippen molar-refractivity contribution in [3.8, 4) is 0 Å². The number of carbonyl (C=O) groups is 2. The molecule has 1 aliphatic heterocycles. The Morgan fingerprint density at radius 2 is 2.10 bits per heavy atom. The van der Waals surface area contributed by atoms with E-state index in [9.17, 15) is 9.59 Å². The maximum atomic E-state index is 12.4. The van der Waals surface area contributed by atoms with E-state index in [1.165, 1.54) is 0 Å². The molecule has 0 bridgehead atoms. The number of aromatic carboxylic acids is 1. The highest BCUT2D eigenvalue weighted by molar-refractivity contribution is 5.87. The number of hydrogen-bond acceptors (Lipinski definition) is 3. The molecule has 1 aliphatic rings. The molecule has 1 fully saturated rings. The molecule has 1 saturated heterocycles. The van der Waals surface area contributed by atoms with Crippen molar-refractivity contribution < 1.29 is 14.7 Å². The monoisotopic (exact) mass is 290 g/mol. The fourth-order valence-electron chi connectivity index (χ4n) is 2.86. The first-order valence-corrected chi connectivity index (χ1v) is 7.41. The summed E-state index contributed by atoms with van der Waals surface area (Å²) in [6.45, 7) is 6.94. The molecule has 1 aromatic rings. The summed E-state index contributed by atoms with van der Waals surface area (Å²) in [5.74, 6) is -0.739. The van der Waals surface area contributed by atoms with Crippen molar-refractivity contribution >= 4 is 11.9 Å². The highest BCUT2D eigenvalue weighted by Crippen LogP contribution is 2.18. The van der Waals surface area contributed by atoms with Gasteiger partial charge in [-0.15, -0.1) is 0 Å². The summed E-state index contributed by atoms with van der Waals surface area (Å²) in [6, 6.07) is 6.83. The van der Waals surface area contributed by atoms with Gasteiger partial charge in [-0.25, -0.2) is 4.79 Å². The summed E-state index contributed by atoms with van der Waals surface area (Å²) in [5.41, 5.74) is 1.23. The predicted molar refractivity (Wildman–Crippen MR) is 80.1 cm³/mol. The van der Waals surface area contributed by atoms with Crippen LogP contribution in [0.5, 0.6) is 0 Å². The first kappa shape index (κ1) is 15.5. The summed E-state index contributed by atoms with van der Waals surface area (Å²) in [5, 5.41) is 9.05. The fourth-order valence-corrected chi connectivity index (χ4v) is 2.86. The molecule has 2 rings (SSSR count). The van der Waals surface area contributed by atoms with E-state index in [1.54, 1.807) is 18.2 Å². The molecule has 1 N–H and O–H groups in total. The molecule has 1 amide bonds. The van der Waals surface area contributed by atoms with Crippen LogP contribution in [0.25, 0.3) is 0 Å². The quantitative estimate of drug-likeness (QED) is 0.898. The maximum absolute atomic E-state index is 12.4. The van der Waals surface area contributed by atoms with Crippen LogP contribution < -0.4 is 0 Å². The first-order valence-electron chi connectivity index (χ1n) is 7.41. The molecule has 21 heavy (non-hydrogen) atoms. The normalized spacial score (nSPS) is 19.8. The van der Waals surface area contributed by atoms with E-state index in [4.69, 9.17) is 5.11 Å². The van der Waals surface area contributed by atoms with Crippen LogP contribution in [0.15, 0.2) is 24.3 Å². The van der Waals surface area contributed by atoms with Crippen molar-refractivity contribution in [1.29, 1.82) is 0 Å². The lowest BCUT2D eigenvalue weighted by molar-refractivity contribution is -0.142. The third-order valence-corrected chi connectivity index (χ3v) is 4.02. The van der Waals surface area contributed by atoms with E-state index in [-0.39, 0.29) is 11.9 Å². The van der Waals surface area contributed by atoms with E-state index in [0.29, 0.717) is 12.1 Å². The third kappa shape index (κ3) is 3.42.